The minimum atomic E-state index is 0.431. The Bertz CT molecular complexity index is 369. The zero-order chi connectivity index (χ0) is 14.3. The van der Waals surface area contributed by atoms with Crippen molar-refractivity contribution in [1.29, 1.82) is 0 Å². The number of hydrogen-bond donors (Lipinski definition) is 1. The minimum absolute atomic E-state index is 0.431. The second-order valence-electron chi connectivity index (χ2n) is 5.11. The monoisotopic (exact) mass is 327 g/mol. The predicted molar refractivity (Wildman–Crippen MR) is 85.8 cm³/mol. The van der Waals surface area contributed by atoms with E-state index in [0.29, 0.717) is 6.04 Å². The van der Waals surface area contributed by atoms with E-state index >= 15 is 0 Å². The molecule has 0 bridgehead atoms. The molecule has 0 aliphatic rings. The molecule has 0 saturated carbocycles. The van der Waals surface area contributed by atoms with Gasteiger partial charge in [-0.3, -0.25) is 0 Å². The molecule has 108 valence electrons. The highest BCUT2D eigenvalue weighted by Crippen LogP contribution is 2.27. The van der Waals surface area contributed by atoms with E-state index < -0.39 is 0 Å². The van der Waals surface area contributed by atoms with Gasteiger partial charge in [0.1, 0.15) is 0 Å². The maximum Gasteiger partial charge on any atom is 0.0462 e. The molecule has 0 saturated heterocycles. The van der Waals surface area contributed by atoms with Crippen molar-refractivity contribution in [3.8, 4) is 0 Å². The smallest absolute Gasteiger partial charge is 0.0462 e. The second kappa shape index (κ2) is 8.72. The SMILES string of the molecule is CCCNC(CCCOC)c1cc(C)c(Br)c(C)c1. The highest BCUT2D eigenvalue weighted by atomic mass is 79.9. The van der Waals surface area contributed by atoms with Crippen molar-refractivity contribution in [1.82, 2.24) is 5.32 Å². The minimum Gasteiger partial charge on any atom is -0.385 e. The summed E-state index contributed by atoms with van der Waals surface area (Å²) in [6, 6.07) is 5.01. The van der Waals surface area contributed by atoms with Crippen LogP contribution in [0.2, 0.25) is 0 Å². The van der Waals surface area contributed by atoms with Crippen molar-refractivity contribution >= 4 is 15.9 Å². The summed E-state index contributed by atoms with van der Waals surface area (Å²) < 4.78 is 6.39. The number of rotatable bonds is 8. The van der Waals surface area contributed by atoms with Gasteiger partial charge in [-0.15, -0.1) is 0 Å². The van der Waals surface area contributed by atoms with Gasteiger partial charge in [0.2, 0.25) is 0 Å². The third kappa shape index (κ3) is 5.25. The van der Waals surface area contributed by atoms with Crippen LogP contribution in [-0.4, -0.2) is 20.3 Å². The van der Waals surface area contributed by atoms with Gasteiger partial charge in [-0.1, -0.05) is 35.0 Å². The van der Waals surface area contributed by atoms with Gasteiger partial charge in [0, 0.05) is 24.2 Å². The molecule has 3 heteroatoms. The van der Waals surface area contributed by atoms with Crippen molar-refractivity contribution in [2.24, 2.45) is 0 Å². The lowest BCUT2D eigenvalue weighted by molar-refractivity contribution is 0.188. The molecule has 0 aromatic heterocycles. The van der Waals surface area contributed by atoms with Gasteiger partial charge in [0.15, 0.2) is 0 Å². The Hall–Kier alpha value is -0.380. The van der Waals surface area contributed by atoms with E-state index in [1.807, 2.05) is 0 Å². The van der Waals surface area contributed by atoms with Crippen LogP contribution in [0.4, 0.5) is 0 Å². The van der Waals surface area contributed by atoms with Gasteiger partial charge in [-0.05, 0) is 56.3 Å². The average Bonchev–Trinajstić information content (AvgIpc) is 2.39. The van der Waals surface area contributed by atoms with Gasteiger partial charge in [0.05, 0.1) is 0 Å². The van der Waals surface area contributed by atoms with E-state index in [9.17, 15) is 0 Å². The number of benzene rings is 1. The molecule has 1 aromatic carbocycles. The van der Waals surface area contributed by atoms with E-state index in [4.69, 9.17) is 4.74 Å². The number of methoxy groups -OCH3 is 1. The predicted octanol–water partition coefficient (Wildman–Crippen LogP) is 4.53. The van der Waals surface area contributed by atoms with Crippen molar-refractivity contribution in [2.75, 3.05) is 20.3 Å². The van der Waals surface area contributed by atoms with Crippen LogP contribution in [0.15, 0.2) is 16.6 Å². The third-order valence-corrected chi connectivity index (χ3v) is 4.59. The quantitative estimate of drug-likeness (QED) is 0.708. The molecular formula is C16H26BrNO. The summed E-state index contributed by atoms with van der Waals surface area (Å²) in [5.41, 5.74) is 4.01. The summed E-state index contributed by atoms with van der Waals surface area (Å²) in [5, 5.41) is 3.65. The number of hydrogen-bond acceptors (Lipinski definition) is 2. The molecule has 2 nitrogen and oxygen atoms in total. The second-order valence-corrected chi connectivity index (χ2v) is 5.90. The molecule has 0 spiro atoms. The normalized spacial score (nSPS) is 12.7. The fraction of sp³-hybridized carbons (Fsp3) is 0.625. The third-order valence-electron chi connectivity index (χ3n) is 3.34. The summed E-state index contributed by atoms with van der Waals surface area (Å²) in [4.78, 5) is 0. The lowest BCUT2D eigenvalue weighted by Gasteiger charge is -2.20. The topological polar surface area (TPSA) is 21.3 Å². The summed E-state index contributed by atoms with van der Waals surface area (Å²) in [5.74, 6) is 0. The molecule has 0 heterocycles. The molecule has 0 fully saturated rings. The first-order valence-corrected chi connectivity index (χ1v) is 7.88. The van der Waals surface area contributed by atoms with Gasteiger partial charge in [0.25, 0.3) is 0 Å². The molecule has 0 aliphatic carbocycles. The van der Waals surface area contributed by atoms with Crippen molar-refractivity contribution in [2.45, 2.75) is 46.1 Å². The first-order valence-electron chi connectivity index (χ1n) is 7.09. The van der Waals surface area contributed by atoms with Gasteiger partial charge >= 0.3 is 0 Å². The van der Waals surface area contributed by atoms with Crippen molar-refractivity contribution < 1.29 is 4.74 Å². The molecule has 0 radical (unpaired) electrons. The average molecular weight is 328 g/mol. The van der Waals surface area contributed by atoms with Crippen LogP contribution in [-0.2, 0) is 4.74 Å². The molecule has 1 N–H and O–H groups in total. The summed E-state index contributed by atoms with van der Waals surface area (Å²) in [6.45, 7) is 8.42. The largest absolute Gasteiger partial charge is 0.385 e. The number of nitrogens with one attached hydrogen (secondary N) is 1. The first-order chi connectivity index (χ1) is 9.10. The van der Waals surface area contributed by atoms with Crippen LogP contribution >= 0.6 is 15.9 Å². The number of aryl methyl sites for hydroxylation is 2. The van der Waals surface area contributed by atoms with Crippen LogP contribution in [0.5, 0.6) is 0 Å². The Balaban J connectivity index is 2.83. The molecule has 0 amide bonds. The van der Waals surface area contributed by atoms with Crippen LogP contribution in [0, 0.1) is 13.8 Å². The summed E-state index contributed by atoms with van der Waals surface area (Å²) in [6.07, 6.45) is 3.37. The maximum absolute atomic E-state index is 5.16. The lowest BCUT2D eigenvalue weighted by atomic mass is 9.98. The Morgan fingerprint density at radius 1 is 1.26 bits per heavy atom. The van der Waals surface area contributed by atoms with E-state index in [1.165, 1.54) is 21.2 Å². The fourth-order valence-electron chi connectivity index (χ4n) is 2.32. The van der Waals surface area contributed by atoms with E-state index in [1.54, 1.807) is 7.11 Å². The zero-order valence-electron chi connectivity index (χ0n) is 12.6. The number of ether oxygens (including phenoxy) is 1. The lowest BCUT2D eigenvalue weighted by Crippen LogP contribution is -2.22. The van der Waals surface area contributed by atoms with Crippen molar-refractivity contribution in [3.05, 3.63) is 33.3 Å². The first kappa shape index (κ1) is 16.7. The van der Waals surface area contributed by atoms with E-state index in [0.717, 1.165) is 32.4 Å². The Kier molecular flexibility index (Phi) is 7.66. The molecule has 1 atom stereocenters. The molecule has 0 aliphatic heterocycles. The van der Waals surface area contributed by atoms with Crippen LogP contribution in [0.1, 0.15) is 48.9 Å². The van der Waals surface area contributed by atoms with E-state index in [2.05, 4.69) is 54.2 Å². The zero-order valence-corrected chi connectivity index (χ0v) is 14.1. The van der Waals surface area contributed by atoms with Crippen LogP contribution in [0.3, 0.4) is 0 Å². The molecular weight excluding hydrogens is 302 g/mol. The van der Waals surface area contributed by atoms with Crippen LogP contribution < -0.4 is 5.32 Å². The molecule has 1 unspecified atom stereocenters. The van der Waals surface area contributed by atoms with Gasteiger partial charge in [-0.2, -0.15) is 0 Å². The maximum atomic E-state index is 5.16. The highest BCUT2D eigenvalue weighted by molar-refractivity contribution is 9.10. The van der Waals surface area contributed by atoms with E-state index in [-0.39, 0.29) is 0 Å². The fourth-order valence-corrected chi connectivity index (χ4v) is 2.55. The molecule has 19 heavy (non-hydrogen) atoms. The Morgan fingerprint density at radius 3 is 2.42 bits per heavy atom. The van der Waals surface area contributed by atoms with Crippen molar-refractivity contribution in [3.63, 3.8) is 0 Å². The van der Waals surface area contributed by atoms with Gasteiger partial charge in [-0.25, -0.2) is 0 Å². The van der Waals surface area contributed by atoms with Crippen LogP contribution in [0.25, 0.3) is 0 Å². The Labute approximate surface area is 126 Å². The molecule has 1 rings (SSSR count). The standard InChI is InChI=1S/C16H26BrNO/c1-5-8-18-15(7-6-9-19-4)14-10-12(2)16(17)13(3)11-14/h10-11,15,18H,5-9H2,1-4H3. The summed E-state index contributed by atoms with van der Waals surface area (Å²) in [7, 11) is 1.77. The molecule has 1 aromatic rings. The highest BCUT2D eigenvalue weighted by Gasteiger charge is 2.12. The Morgan fingerprint density at radius 2 is 1.89 bits per heavy atom. The number of halogens is 1. The van der Waals surface area contributed by atoms with Gasteiger partial charge < -0.3 is 10.1 Å². The summed E-state index contributed by atoms with van der Waals surface area (Å²) >= 11 is 3.64.